The number of ether oxygens (including phenoxy) is 4. The summed E-state index contributed by atoms with van der Waals surface area (Å²) >= 11 is 12.4. The Labute approximate surface area is 184 Å². The molecule has 2 aromatic rings. The van der Waals surface area contributed by atoms with E-state index >= 15 is 0 Å². The van der Waals surface area contributed by atoms with Gasteiger partial charge in [-0.3, -0.25) is 0 Å². The monoisotopic (exact) mass is 457 g/mol. The van der Waals surface area contributed by atoms with Gasteiger partial charge < -0.3 is 18.9 Å². The van der Waals surface area contributed by atoms with Gasteiger partial charge in [0.05, 0.1) is 30.0 Å². The molecular formula is C21H22Cl2FNO5. The van der Waals surface area contributed by atoms with Crippen molar-refractivity contribution in [1.82, 2.24) is 4.98 Å². The van der Waals surface area contributed by atoms with Gasteiger partial charge in [0.15, 0.2) is 0 Å². The first-order chi connectivity index (χ1) is 14.1. The van der Waals surface area contributed by atoms with E-state index in [4.69, 9.17) is 42.1 Å². The van der Waals surface area contributed by atoms with Gasteiger partial charge in [-0.25, -0.2) is 14.2 Å². The second-order valence-corrected chi connectivity index (χ2v) is 8.57. The normalized spacial score (nSPS) is 15.0. The van der Waals surface area contributed by atoms with Gasteiger partial charge in [0.1, 0.15) is 34.0 Å². The SMILES string of the molecule is CC(C)(C)OC(=O)c1cc(Cl)c(Oc2cnc(OC3CCOCC3)c(Cl)c2)cc1F. The molecule has 1 saturated heterocycles. The Hall–Kier alpha value is -2.09. The highest BCUT2D eigenvalue weighted by Gasteiger charge is 2.23. The van der Waals surface area contributed by atoms with Crippen molar-refractivity contribution in [2.75, 3.05) is 13.2 Å². The summed E-state index contributed by atoms with van der Waals surface area (Å²) in [6.07, 6.45) is 2.90. The Morgan fingerprint density at radius 2 is 1.87 bits per heavy atom. The van der Waals surface area contributed by atoms with Crippen LogP contribution in [-0.4, -0.2) is 35.9 Å². The van der Waals surface area contributed by atoms with Crippen molar-refractivity contribution in [3.05, 3.63) is 45.8 Å². The highest BCUT2D eigenvalue weighted by atomic mass is 35.5. The molecule has 2 heterocycles. The fourth-order valence-electron chi connectivity index (χ4n) is 2.73. The van der Waals surface area contributed by atoms with E-state index in [-0.39, 0.29) is 39.1 Å². The fraction of sp³-hybridized carbons (Fsp3) is 0.429. The lowest BCUT2D eigenvalue weighted by molar-refractivity contribution is 0.00645. The lowest BCUT2D eigenvalue weighted by Crippen LogP contribution is -2.26. The van der Waals surface area contributed by atoms with Gasteiger partial charge in [0.2, 0.25) is 5.88 Å². The predicted octanol–water partition coefficient (Wildman–Crippen LogP) is 5.83. The van der Waals surface area contributed by atoms with Gasteiger partial charge in [-0.15, -0.1) is 0 Å². The van der Waals surface area contributed by atoms with E-state index < -0.39 is 17.4 Å². The van der Waals surface area contributed by atoms with Crippen molar-refractivity contribution in [3.8, 4) is 17.4 Å². The molecule has 3 rings (SSSR count). The highest BCUT2D eigenvalue weighted by Crippen LogP contribution is 2.35. The molecule has 1 aromatic heterocycles. The number of rotatable bonds is 5. The Bertz CT molecular complexity index is 926. The first-order valence-corrected chi connectivity index (χ1v) is 10.2. The molecule has 1 aliphatic rings. The van der Waals surface area contributed by atoms with Crippen LogP contribution in [0.4, 0.5) is 4.39 Å². The van der Waals surface area contributed by atoms with Crippen molar-refractivity contribution in [2.45, 2.75) is 45.3 Å². The molecule has 0 bridgehead atoms. The predicted molar refractivity (Wildman–Crippen MR) is 110 cm³/mol. The minimum absolute atomic E-state index is 0.0115. The van der Waals surface area contributed by atoms with E-state index in [9.17, 15) is 9.18 Å². The van der Waals surface area contributed by atoms with E-state index in [1.165, 1.54) is 12.3 Å². The summed E-state index contributed by atoms with van der Waals surface area (Å²) < 4.78 is 36.3. The van der Waals surface area contributed by atoms with Gasteiger partial charge >= 0.3 is 5.97 Å². The smallest absolute Gasteiger partial charge is 0.341 e. The molecule has 162 valence electrons. The summed E-state index contributed by atoms with van der Waals surface area (Å²) in [6, 6.07) is 3.68. The molecule has 0 N–H and O–H groups in total. The average Bonchev–Trinajstić information content (AvgIpc) is 2.66. The summed E-state index contributed by atoms with van der Waals surface area (Å²) in [6.45, 7) is 6.33. The molecular weight excluding hydrogens is 436 g/mol. The number of aromatic nitrogens is 1. The van der Waals surface area contributed by atoms with Crippen LogP contribution >= 0.6 is 23.2 Å². The summed E-state index contributed by atoms with van der Waals surface area (Å²) in [5.74, 6) is -1.09. The first kappa shape index (κ1) is 22.6. The second kappa shape index (κ2) is 9.37. The summed E-state index contributed by atoms with van der Waals surface area (Å²) in [4.78, 5) is 16.3. The largest absolute Gasteiger partial charge is 0.473 e. The Morgan fingerprint density at radius 1 is 1.17 bits per heavy atom. The van der Waals surface area contributed by atoms with E-state index in [0.717, 1.165) is 25.0 Å². The lowest BCUT2D eigenvalue weighted by atomic mass is 10.1. The van der Waals surface area contributed by atoms with Crippen LogP contribution < -0.4 is 9.47 Å². The number of hydrogen-bond donors (Lipinski definition) is 0. The van der Waals surface area contributed by atoms with Crippen LogP contribution in [0, 0.1) is 5.82 Å². The Kier molecular flexibility index (Phi) is 7.06. The second-order valence-electron chi connectivity index (χ2n) is 7.75. The van der Waals surface area contributed by atoms with E-state index in [0.29, 0.717) is 13.2 Å². The van der Waals surface area contributed by atoms with Crippen LogP contribution in [-0.2, 0) is 9.47 Å². The standard InChI is InChI=1S/C21H22Cl2FNO5/c1-21(2,3)30-20(26)14-9-15(22)18(10-17(14)24)28-13-8-16(23)19(25-11-13)29-12-4-6-27-7-5-12/h8-12H,4-7H2,1-3H3. The van der Waals surface area contributed by atoms with Crippen LogP contribution in [0.2, 0.25) is 10.0 Å². The lowest BCUT2D eigenvalue weighted by Gasteiger charge is -2.23. The van der Waals surface area contributed by atoms with E-state index in [2.05, 4.69) is 4.98 Å². The molecule has 0 aliphatic carbocycles. The number of esters is 1. The molecule has 0 spiro atoms. The summed E-state index contributed by atoms with van der Waals surface area (Å²) in [7, 11) is 0. The molecule has 6 nitrogen and oxygen atoms in total. The Morgan fingerprint density at radius 3 is 2.50 bits per heavy atom. The first-order valence-electron chi connectivity index (χ1n) is 9.42. The zero-order valence-corrected chi connectivity index (χ0v) is 18.3. The van der Waals surface area contributed by atoms with E-state index in [1.807, 2.05) is 0 Å². The number of benzene rings is 1. The molecule has 0 atom stereocenters. The van der Waals surface area contributed by atoms with Gasteiger partial charge in [0.25, 0.3) is 0 Å². The zero-order valence-electron chi connectivity index (χ0n) is 16.8. The van der Waals surface area contributed by atoms with Crippen molar-refractivity contribution in [1.29, 1.82) is 0 Å². The Balaban J connectivity index is 1.73. The number of carbonyl (C=O) groups is 1. The number of pyridine rings is 1. The maximum Gasteiger partial charge on any atom is 0.341 e. The third kappa shape index (κ3) is 5.97. The van der Waals surface area contributed by atoms with Crippen molar-refractivity contribution in [2.24, 2.45) is 0 Å². The minimum atomic E-state index is -0.817. The van der Waals surface area contributed by atoms with Gasteiger partial charge in [-0.1, -0.05) is 23.2 Å². The molecule has 30 heavy (non-hydrogen) atoms. The van der Waals surface area contributed by atoms with Crippen LogP contribution in [0.15, 0.2) is 24.4 Å². The highest BCUT2D eigenvalue weighted by molar-refractivity contribution is 6.32. The quantitative estimate of drug-likeness (QED) is 0.525. The molecule has 0 saturated carbocycles. The maximum atomic E-state index is 14.5. The van der Waals surface area contributed by atoms with Crippen LogP contribution in [0.3, 0.4) is 0 Å². The minimum Gasteiger partial charge on any atom is -0.473 e. The molecule has 9 heteroatoms. The van der Waals surface area contributed by atoms with Crippen molar-refractivity contribution < 1.29 is 28.1 Å². The number of nitrogens with zero attached hydrogens (tertiary/aromatic N) is 1. The topological polar surface area (TPSA) is 66.9 Å². The third-order valence-electron chi connectivity index (χ3n) is 4.10. The van der Waals surface area contributed by atoms with Crippen molar-refractivity contribution >= 4 is 29.2 Å². The molecule has 0 unspecified atom stereocenters. The van der Waals surface area contributed by atoms with Crippen molar-refractivity contribution in [3.63, 3.8) is 0 Å². The average molecular weight is 458 g/mol. The zero-order chi connectivity index (χ0) is 21.9. The molecule has 1 aromatic carbocycles. The molecule has 1 aliphatic heterocycles. The molecule has 1 fully saturated rings. The van der Waals surface area contributed by atoms with Gasteiger partial charge in [0, 0.05) is 25.0 Å². The van der Waals surface area contributed by atoms with Crippen LogP contribution in [0.25, 0.3) is 0 Å². The molecule has 0 radical (unpaired) electrons. The number of halogens is 3. The number of carbonyl (C=O) groups excluding carboxylic acids is 1. The molecule has 0 amide bonds. The summed E-state index contributed by atoms with van der Waals surface area (Å²) in [5, 5.41) is 0.289. The maximum absolute atomic E-state index is 14.5. The van der Waals surface area contributed by atoms with Crippen LogP contribution in [0.1, 0.15) is 44.0 Å². The fourth-order valence-corrected chi connectivity index (χ4v) is 3.13. The van der Waals surface area contributed by atoms with E-state index in [1.54, 1.807) is 20.8 Å². The van der Waals surface area contributed by atoms with Crippen LogP contribution in [0.5, 0.6) is 17.4 Å². The number of hydrogen-bond acceptors (Lipinski definition) is 6. The van der Waals surface area contributed by atoms with Gasteiger partial charge in [-0.2, -0.15) is 0 Å². The third-order valence-corrected chi connectivity index (χ3v) is 4.66. The summed E-state index contributed by atoms with van der Waals surface area (Å²) in [5.41, 5.74) is -1.04. The van der Waals surface area contributed by atoms with Gasteiger partial charge in [-0.05, 0) is 26.8 Å².